The predicted molar refractivity (Wildman–Crippen MR) is 93.3 cm³/mol. The lowest BCUT2D eigenvalue weighted by Gasteiger charge is -2.11. The van der Waals surface area contributed by atoms with Gasteiger partial charge in [-0.2, -0.15) is 13.2 Å². The van der Waals surface area contributed by atoms with Gasteiger partial charge in [0, 0.05) is 17.6 Å². The average molecular weight is 375 g/mol. The van der Waals surface area contributed by atoms with Crippen molar-refractivity contribution in [2.75, 3.05) is 10.6 Å². The number of aromatic nitrogens is 1. The monoisotopic (exact) mass is 375 g/mol. The van der Waals surface area contributed by atoms with Gasteiger partial charge in [0.15, 0.2) is 0 Å². The Hall–Kier alpha value is -3.42. The molecule has 2 N–H and O–H groups in total. The SMILES string of the molecule is O=C(Nc1cccc(C(F)(F)F)c1)c1cncc(Nc2ccc(F)cc2)c1. The number of benzene rings is 2. The fraction of sp³-hybridized carbons (Fsp3) is 0.0526. The van der Waals surface area contributed by atoms with Crippen molar-refractivity contribution in [1.29, 1.82) is 0 Å². The van der Waals surface area contributed by atoms with Gasteiger partial charge < -0.3 is 10.6 Å². The number of pyridine rings is 1. The van der Waals surface area contributed by atoms with Gasteiger partial charge in [0.05, 0.1) is 23.0 Å². The van der Waals surface area contributed by atoms with Gasteiger partial charge in [-0.1, -0.05) is 6.07 Å². The van der Waals surface area contributed by atoms with Crippen LogP contribution in [0.3, 0.4) is 0 Å². The first kappa shape index (κ1) is 18.4. The summed E-state index contributed by atoms with van der Waals surface area (Å²) in [6, 6.07) is 11.4. The van der Waals surface area contributed by atoms with E-state index in [0.29, 0.717) is 11.4 Å². The Bertz CT molecular complexity index is 956. The molecule has 2 aromatic carbocycles. The molecular formula is C19H13F4N3O. The second-order valence-corrected chi connectivity index (χ2v) is 5.63. The van der Waals surface area contributed by atoms with E-state index >= 15 is 0 Å². The topological polar surface area (TPSA) is 54.0 Å². The van der Waals surface area contributed by atoms with Crippen molar-refractivity contribution in [3.8, 4) is 0 Å². The molecule has 0 spiro atoms. The lowest BCUT2D eigenvalue weighted by Crippen LogP contribution is -2.13. The molecule has 8 heteroatoms. The molecule has 0 radical (unpaired) electrons. The molecule has 1 aromatic heterocycles. The number of rotatable bonds is 4. The Labute approximate surface area is 151 Å². The molecule has 138 valence electrons. The predicted octanol–water partition coefficient (Wildman–Crippen LogP) is 5.24. The Morgan fingerprint density at radius 3 is 2.33 bits per heavy atom. The summed E-state index contributed by atoms with van der Waals surface area (Å²) in [5, 5.41) is 5.37. The minimum atomic E-state index is -4.50. The quantitative estimate of drug-likeness (QED) is 0.614. The van der Waals surface area contributed by atoms with Crippen LogP contribution in [0.25, 0.3) is 0 Å². The third kappa shape index (κ3) is 4.81. The zero-order valence-corrected chi connectivity index (χ0v) is 13.7. The molecule has 1 amide bonds. The van der Waals surface area contributed by atoms with E-state index in [2.05, 4.69) is 15.6 Å². The molecule has 0 fully saturated rings. The van der Waals surface area contributed by atoms with E-state index in [9.17, 15) is 22.4 Å². The standard InChI is InChI=1S/C19H13F4N3O/c20-14-4-6-15(7-5-14)25-17-8-12(10-24-11-17)18(27)26-16-3-1-2-13(9-16)19(21,22)23/h1-11,25H,(H,26,27). The van der Waals surface area contributed by atoms with E-state index in [-0.39, 0.29) is 17.1 Å². The summed E-state index contributed by atoms with van der Waals surface area (Å²) < 4.78 is 51.2. The first-order valence-corrected chi connectivity index (χ1v) is 7.77. The zero-order chi connectivity index (χ0) is 19.4. The summed E-state index contributed by atoms with van der Waals surface area (Å²) in [6.07, 6.45) is -1.75. The Morgan fingerprint density at radius 2 is 1.63 bits per heavy atom. The van der Waals surface area contributed by atoms with Gasteiger partial charge in [-0.25, -0.2) is 4.39 Å². The van der Waals surface area contributed by atoms with Crippen molar-refractivity contribution in [2.24, 2.45) is 0 Å². The third-order valence-electron chi connectivity index (χ3n) is 3.58. The van der Waals surface area contributed by atoms with Gasteiger partial charge in [0.1, 0.15) is 5.82 Å². The van der Waals surface area contributed by atoms with Crippen molar-refractivity contribution in [1.82, 2.24) is 4.98 Å². The smallest absolute Gasteiger partial charge is 0.354 e. The first-order valence-electron chi connectivity index (χ1n) is 7.77. The molecule has 4 nitrogen and oxygen atoms in total. The lowest BCUT2D eigenvalue weighted by atomic mass is 10.2. The molecule has 1 heterocycles. The van der Waals surface area contributed by atoms with Gasteiger partial charge in [0.2, 0.25) is 0 Å². The number of nitrogens with zero attached hydrogens (tertiary/aromatic N) is 1. The number of halogens is 4. The van der Waals surface area contributed by atoms with Gasteiger partial charge in [-0.3, -0.25) is 9.78 Å². The summed E-state index contributed by atoms with van der Waals surface area (Å²) in [6.45, 7) is 0. The van der Waals surface area contributed by atoms with Crippen molar-refractivity contribution in [2.45, 2.75) is 6.18 Å². The lowest BCUT2D eigenvalue weighted by molar-refractivity contribution is -0.137. The van der Waals surface area contributed by atoms with Crippen LogP contribution < -0.4 is 10.6 Å². The molecule has 0 unspecified atom stereocenters. The fourth-order valence-electron chi connectivity index (χ4n) is 2.31. The Kier molecular flexibility index (Phi) is 5.07. The van der Waals surface area contributed by atoms with Gasteiger partial charge >= 0.3 is 6.18 Å². The largest absolute Gasteiger partial charge is 0.416 e. The number of hydrogen-bond donors (Lipinski definition) is 2. The Morgan fingerprint density at radius 1 is 0.889 bits per heavy atom. The molecule has 0 aliphatic rings. The minimum absolute atomic E-state index is 0.0201. The highest BCUT2D eigenvalue weighted by atomic mass is 19.4. The van der Waals surface area contributed by atoms with Crippen LogP contribution in [0.15, 0.2) is 67.0 Å². The highest BCUT2D eigenvalue weighted by molar-refractivity contribution is 6.04. The minimum Gasteiger partial charge on any atom is -0.354 e. The second kappa shape index (κ2) is 7.45. The first-order chi connectivity index (χ1) is 12.8. The van der Waals surface area contributed by atoms with E-state index in [1.165, 1.54) is 54.9 Å². The fourth-order valence-corrected chi connectivity index (χ4v) is 2.31. The molecular weight excluding hydrogens is 362 g/mol. The van der Waals surface area contributed by atoms with Crippen molar-refractivity contribution < 1.29 is 22.4 Å². The van der Waals surface area contributed by atoms with Crippen LogP contribution >= 0.6 is 0 Å². The maximum absolute atomic E-state index is 12.9. The van der Waals surface area contributed by atoms with Crippen LogP contribution in [0.4, 0.5) is 34.6 Å². The van der Waals surface area contributed by atoms with Crippen molar-refractivity contribution in [3.05, 3.63) is 83.9 Å². The maximum Gasteiger partial charge on any atom is 0.416 e. The second-order valence-electron chi connectivity index (χ2n) is 5.63. The molecule has 0 saturated heterocycles. The number of carbonyl (C=O) groups is 1. The summed E-state index contributed by atoms with van der Waals surface area (Å²) in [7, 11) is 0. The van der Waals surface area contributed by atoms with E-state index in [4.69, 9.17) is 0 Å². The summed E-state index contributed by atoms with van der Waals surface area (Å²) in [4.78, 5) is 16.3. The van der Waals surface area contributed by atoms with E-state index in [1.807, 2.05) is 0 Å². The van der Waals surface area contributed by atoms with Crippen molar-refractivity contribution >= 4 is 23.0 Å². The van der Waals surface area contributed by atoms with Gasteiger partial charge in [0.25, 0.3) is 5.91 Å². The Balaban J connectivity index is 1.75. The van der Waals surface area contributed by atoms with Crippen molar-refractivity contribution in [3.63, 3.8) is 0 Å². The summed E-state index contributed by atoms with van der Waals surface area (Å²) in [5.41, 5.74) is 0.378. The highest BCUT2D eigenvalue weighted by Crippen LogP contribution is 2.30. The summed E-state index contributed by atoms with van der Waals surface area (Å²) in [5.74, 6) is -0.988. The number of hydrogen-bond acceptors (Lipinski definition) is 3. The molecule has 0 aliphatic carbocycles. The van der Waals surface area contributed by atoms with E-state index in [1.54, 1.807) is 0 Å². The zero-order valence-electron chi connectivity index (χ0n) is 13.7. The number of carbonyl (C=O) groups excluding carboxylic acids is 1. The molecule has 0 aliphatic heterocycles. The number of amides is 1. The van der Waals surface area contributed by atoms with E-state index < -0.39 is 17.6 Å². The average Bonchev–Trinajstić information content (AvgIpc) is 2.63. The van der Waals surface area contributed by atoms with Gasteiger partial charge in [-0.05, 0) is 48.5 Å². The molecule has 0 bridgehead atoms. The van der Waals surface area contributed by atoms with Gasteiger partial charge in [-0.15, -0.1) is 0 Å². The van der Waals surface area contributed by atoms with E-state index in [0.717, 1.165) is 12.1 Å². The van der Waals surface area contributed by atoms with Crippen LogP contribution in [0, 0.1) is 5.82 Å². The van der Waals surface area contributed by atoms with Crippen LogP contribution in [-0.4, -0.2) is 10.9 Å². The molecule has 27 heavy (non-hydrogen) atoms. The van der Waals surface area contributed by atoms with Crippen LogP contribution in [0.5, 0.6) is 0 Å². The summed E-state index contributed by atoms with van der Waals surface area (Å²) >= 11 is 0. The highest BCUT2D eigenvalue weighted by Gasteiger charge is 2.30. The van der Waals surface area contributed by atoms with Crippen LogP contribution in [0.1, 0.15) is 15.9 Å². The normalized spacial score (nSPS) is 11.1. The maximum atomic E-state index is 12.9. The molecule has 0 saturated carbocycles. The number of nitrogens with one attached hydrogen (secondary N) is 2. The molecule has 3 rings (SSSR count). The van der Waals surface area contributed by atoms with Crippen LogP contribution in [0.2, 0.25) is 0 Å². The molecule has 0 atom stereocenters. The molecule has 3 aromatic rings. The number of anilines is 3. The number of alkyl halides is 3. The third-order valence-corrected chi connectivity index (χ3v) is 3.58. The van der Waals surface area contributed by atoms with Crippen LogP contribution in [-0.2, 0) is 6.18 Å².